The van der Waals surface area contributed by atoms with Crippen molar-refractivity contribution >= 4 is 18.2 Å². The van der Waals surface area contributed by atoms with Crippen LogP contribution < -0.4 is 10.6 Å². The van der Waals surface area contributed by atoms with Crippen molar-refractivity contribution in [1.29, 1.82) is 0 Å². The summed E-state index contributed by atoms with van der Waals surface area (Å²) in [7, 11) is 0. The maximum atomic E-state index is 12.6. The van der Waals surface area contributed by atoms with Crippen LogP contribution in [0, 0.1) is 11.7 Å². The minimum absolute atomic E-state index is 0.247. The van der Waals surface area contributed by atoms with E-state index in [0.717, 1.165) is 16.8 Å². The maximum Gasteiger partial charge on any atom is 0.315 e. The van der Waals surface area contributed by atoms with Gasteiger partial charge in [-0.1, -0.05) is 48.0 Å². The lowest BCUT2D eigenvalue weighted by molar-refractivity contribution is 0.227. The van der Waals surface area contributed by atoms with Crippen molar-refractivity contribution in [2.24, 2.45) is 0 Å². The van der Waals surface area contributed by atoms with Crippen molar-refractivity contribution in [3.8, 4) is 5.69 Å². The Morgan fingerprint density at radius 1 is 1.14 bits per heavy atom. The van der Waals surface area contributed by atoms with E-state index in [1.54, 1.807) is 0 Å². The number of aromatic amines is 1. The first-order chi connectivity index (χ1) is 13.7. The summed E-state index contributed by atoms with van der Waals surface area (Å²) in [6.07, 6.45) is 0.587. The molecule has 2 amide bonds. The minimum atomic E-state index is -0.367. The van der Waals surface area contributed by atoms with Crippen LogP contribution in [-0.2, 0) is 6.42 Å². The van der Waals surface area contributed by atoms with Crippen LogP contribution in [0.5, 0.6) is 0 Å². The number of nitrogens with zero attached hydrogens (tertiary/aromatic N) is 2. The van der Waals surface area contributed by atoms with E-state index in [4.69, 9.17) is 12.2 Å². The van der Waals surface area contributed by atoms with Gasteiger partial charge in [0.25, 0.3) is 0 Å². The molecule has 0 spiro atoms. The highest BCUT2D eigenvalue weighted by Gasteiger charge is 2.24. The molecule has 1 atom stereocenters. The largest absolute Gasteiger partial charge is 0.334 e. The van der Waals surface area contributed by atoms with Gasteiger partial charge in [0.05, 0.1) is 6.04 Å². The molecule has 1 aromatic heterocycles. The van der Waals surface area contributed by atoms with E-state index in [1.807, 2.05) is 86.9 Å². The van der Waals surface area contributed by atoms with Gasteiger partial charge >= 0.3 is 6.03 Å². The molecule has 3 rings (SSSR count). The van der Waals surface area contributed by atoms with Gasteiger partial charge in [0.15, 0.2) is 10.6 Å². The van der Waals surface area contributed by atoms with Crippen LogP contribution in [0.3, 0.4) is 0 Å². The Labute approximate surface area is 176 Å². The number of carbonyl (C=O) groups excluding carboxylic acids is 1. The number of hydrogen-bond donors (Lipinski definition) is 3. The summed E-state index contributed by atoms with van der Waals surface area (Å²) in [5, 5.41) is 13.4. The topological polar surface area (TPSA) is 74.7 Å². The van der Waals surface area contributed by atoms with Crippen molar-refractivity contribution in [1.82, 2.24) is 25.4 Å². The van der Waals surface area contributed by atoms with Crippen molar-refractivity contribution in [3.63, 3.8) is 0 Å². The number of amides is 2. The Bertz CT molecular complexity index is 1020. The lowest BCUT2D eigenvalue weighted by atomic mass is 10.0. The molecule has 0 radical (unpaired) electrons. The van der Waals surface area contributed by atoms with E-state index in [1.165, 1.54) is 0 Å². The van der Waals surface area contributed by atoms with Crippen LogP contribution in [0.1, 0.15) is 43.8 Å². The third-order valence-corrected chi connectivity index (χ3v) is 4.65. The zero-order valence-corrected chi connectivity index (χ0v) is 18.0. The molecule has 0 fully saturated rings. The van der Waals surface area contributed by atoms with E-state index in [2.05, 4.69) is 20.8 Å². The number of hydrogen-bond acceptors (Lipinski definition) is 3. The fourth-order valence-electron chi connectivity index (χ4n) is 3.08. The SMILES string of the molecule is Cc1ccc(-n2c(C(Cc3ccccc3)NC(=O)NC(C)(C)C)n[nH]c2=S)cc1. The van der Waals surface area contributed by atoms with Gasteiger partial charge in [-0.05, 0) is 57.6 Å². The van der Waals surface area contributed by atoms with E-state index in [-0.39, 0.29) is 17.6 Å². The molecular formula is C22H27N5OS. The van der Waals surface area contributed by atoms with Crippen LogP contribution in [0.25, 0.3) is 5.69 Å². The summed E-state index contributed by atoms with van der Waals surface area (Å²) in [4.78, 5) is 12.6. The second-order valence-electron chi connectivity index (χ2n) is 8.15. The van der Waals surface area contributed by atoms with E-state index in [0.29, 0.717) is 17.0 Å². The van der Waals surface area contributed by atoms with Crippen molar-refractivity contribution in [3.05, 3.63) is 76.3 Å². The molecule has 1 heterocycles. The Hall–Kier alpha value is -2.93. The van der Waals surface area contributed by atoms with E-state index < -0.39 is 0 Å². The third-order valence-electron chi connectivity index (χ3n) is 4.38. The van der Waals surface area contributed by atoms with Gasteiger partial charge in [-0.2, -0.15) is 5.10 Å². The van der Waals surface area contributed by atoms with Gasteiger partial charge in [-0.25, -0.2) is 4.79 Å². The monoisotopic (exact) mass is 409 g/mol. The summed E-state index contributed by atoms with van der Waals surface area (Å²) < 4.78 is 2.36. The number of carbonyl (C=O) groups is 1. The lowest BCUT2D eigenvalue weighted by Crippen LogP contribution is -2.48. The average Bonchev–Trinajstić information content (AvgIpc) is 3.03. The second kappa shape index (κ2) is 8.61. The molecule has 7 heteroatoms. The Kier molecular flexibility index (Phi) is 6.17. The molecule has 0 saturated heterocycles. The van der Waals surface area contributed by atoms with Gasteiger partial charge in [0.1, 0.15) is 0 Å². The molecule has 3 aromatic rings. The van der Waals surface area contributed by atoms with Gasteiger partial charge < -0.3 is 10.6 Å². The number of H-pyrrole nitrogens is 1. The molecule has 3 N–H and O–H groups in total. The molecule has 2 aromatic carbocycles. The number of benzene rings is 2. The first-order valence-corrected chi connectivity index (χ1v) is 10.0. The first kappa shape index (κ1) is 20.8. The molecule has 152 valence electrons. The molecule has 0 bridgehead atoms. The first-order valence-electron chi connectivity index (χ1n) is 9.60. The van der Waals surface area contributed by atoms with Crippen molar-refractivity contribution in [2.45, 2.75) is 45.7 Å². The van der Waals surface area contributed by atoms with Gasteiger partial charge in [0, 0.05) is 17.6 Å². The van der Waals surface area contributed by atoms with E-state index >= 15 is 0 Å². The molecule has 0 saturated carbocycles. The molecule has 6 nitrogen and oxygen atoms in total. The quantitative estimate of drug-likeness (QED) is 0.538. The highest BCUT2D eigenvalue weighted by Crippen LogP contribution is 2.21. The van der Waals surface area contributed by atoms with Crippen LogP contribution in [-0.4, -0.2) is 26.3 Å². The van der Waals surface area contributed by atoms with Crippen LogP contribution >= 0.6 is 12.2 Å². The molecule has 0 aliphatic heterocycles. The summed E-state index contributed by atoms with van der Waals surface area (Å²) in [5.41, 5.74) is 2.82. The highest BCUT2D eigenvalue weighted by molar-refractivity contribution is 7.71. The Morgan fingerprint density at radius 3 is 2.41 bits per heavy atom. The van der Waals surface area contributed by atoms with Crippen LogP contribution in [0.4, 0.5) is 4.79 Å². The third kappa shape index (κ3) is 5.54. The smallest absolute Gasteiger partial charge is 0.315 e. The molecule has 0 aliphatic rings. The number of nitrogens with one attached hydrogen (secondary N) is 3. The van der Waals surface area contributed by atoms with Crippen LogP contribution in [0.2, 0.25) is 0 Å². The predicted octanol–water partition coefficient (Wildman–Crippen LogP) is 4.62. The average molecular weight is 410 g/mol. The van der Waals surface area contributed by atoms with Crippen molar-refractivity contribution in [2.75, 3.05) is 0 Å². The number of aryl methyl sites for hydroxylation is 1. The molecule has 1 unspecified atom stereocenters. The van der Waals surface area contributed by atoms with Gasteiger partial charge in [0.2, 0.25) is 0 Å². The minimum Gasteiger partial charge on any atom is -0.334 e. The van der Waals surface area contributed by atoms with E-state index in [9.17, 15) is 4.79 Å². The highest BCUT2D eigenvalue weighted by atomic mass is 32.1. The molecular weight excluding hydrogens is 382 g/mol. The summed E-state index contributed by atoms with van der Waals surface area (Å²) >= 11 is 5.49. The number of urea groups is 1. The summed E-state index contributed by atoms with van der Waals surface area (Å²) in [5.74, 6) is 0.659. The lowest BCUT2D eigenvalue weighted by Gasteiger charge is -2.24. The second-order valence-corrected chi connectivity index (χ2v) is 8.54. The summed E-state index contributed by atoms with van der Waals surface area (Å²) in [6.45, 7) is 7.87. The maximum absolute atomic E-state index is 12.6. The molecule has 0 aliphatic carbocycles. The predicted molar refractivity (Wildman–Crippen MR) is 118 cm³/mol. The number of rotatable bonds is 5. The zero-order valence-electron chi connectivity index (χ0n) is 17.2. The van der Waals surface area contributed by atoms with Crippen LogP contribution in [0.15, 0.2) is 54.6 Å². The number of aromatic nitrogens is 3. The fraction of sp³-hybridized carbons (Fsp3) is 0.318. The normalized spacial score (nSPS) is 12.4. The Morgan fingerprint density at radius 2 is 1.79 bits per heavy atom. The van der Waals surface area contributed by atoms with Gasteiger partial charge in [-0.3, -0.25) is 9.67 Å². The molecule has 29 heavy (non-hydrogen) atoms. The fourth-order valence-corrected chi connectivity index (χ4v) is 3.32. The standard InChI is InChI=1S/C22H27N5OS/c1-15-10-12-17(13-11-15)27-19(25-26-21(27)29)18(14-16-8-6-5-7-9-16)23-20(28)24-22(2,3)4/h5-13,18H,14H2,1-4H3,(H,26,29)(H2,23,24,28). The van der Waals surface area contributed by atoms with Gasteiger partial charge in [-0.15, -0.1) is 0 Å². The summed E-state index contributed by atoms with van der Waals surface area (Å²) in [6, 6.07) is 17.5. The Balaban J connectivity index is 1.99. The van der Waals surface area contributed by atoms with Crippen molar-refractivity contribution < 1.29 is 4.79 Å². The zero-order chi connectivity index (χ0) is 21.0.